The molecule has 2 aliphatic rings. The first-order chi connectivity index (χ1) is 12.7. The largest absolute Gasteiger partial charge is 0.377 e. The summed E-state index contributed by atoms with van der Waals surface area (Å²) in [4.78, 5) is 17.8. The van der Waals surface area contributed by atoms with Crippen LogP contribution in [0.5, 0.6) is 0 Å². The number of carbonyl (C=O) groups is 1. The standard InChI is InChI=1S/C23H27NO2/c1-17-13-19-15-21-20(9-5-11-24-21)23(19,22(25)14-17)10-6-12-26-16-18-7-3-2-4-8-18/h2-5,7-9,11,17,19H,6,10,12-16H2,1H3/t17-,19+,23+/m1/s1. The van der Waals surface area contributed by atoms with Gasteiger partial charge >= 0.3 is 0 Å². The maximum absolute atomic E-state index is 13.2. The lowest BCUT2D eigenvalue weighted by Crippen LogP contribution is -2.45. The fourth-order valence-corrected chi connectivity index (χ4v) is 5.06. The van der Waals surface area contributed by atoms with Crippen molar-refractivity contribution in [1.29, 1.82) is 0 Å². The Morgan fingerprint density at radius 1 is 1.15 bits per heavy atom. The van der Waals surface area contributed by atoms with Gasteiger partial charge in [-0.15, -0.1) is 0 Å². The van der Waals surface area contributed by atoms with E-state index in [1.165, 1.54) is 11.1 Å². The number of carbonyl (C=O) groups excluding carboxylic acids is 1. The second kappa shape index (κ2) is 7.32. The van der Waals surface area contributed by atoms with Gasteiger partial charge in [-0.25, -0.2) is 0 Å². The van der Waals surface area contributed by atoms with Gasteiger partial charge in [0.15, 0.2) is 0 Å². The highest BCUT2D eigenvalue weighted by molar-refractivity contribution is 5.92. The van der Waals surface area contributed by atoms with Crippen molar-refractivity contribution in [2.24, 2.45) is 11.8 Å². The number of nitrogens with zero attached hydrogens (tertiary/aromatic N) is 1. The van der Waals surface area contributed by atoms with Gasteiger partial charge in [0.05, 0.1) is 12.0 Å². The average molecular weight is 349 g/mol. The first-order valence-corrected chi connectivity index (χ1v) is 9.79. The zero-order valence-electron chi connectivity index (χ0n) is 15.5. The highest BCUT2D eigenvalue weighted by atomic mass is 16.5. The predicted molar refractivity (Wildman–Crippen MR) is 102 cm³/mol. The van der Waals surface area contributed by atoms with Crippen molar-refractivity contribution >= 4 is 5.78 Å². The predicted octanol–water partition coefficient (Wildman–Crippen LogP) is 4.49. The molecular formula is C23H27NO2. The molecule has 1 aromatic heterocycles. The molecule has 0 saturated heterocycles. The molecule has 3 nitrogen and oxygen atoms in total. The van der Waals surface area contributed by atoms with Crippen molar-refractivity contribution in [1.82, 2.24) is 4.98 Å². The Balaban J connectivity index is 1.44. The normalized spacial score (nSPS) is 27.2. The van der Waals surface area contributed by atoms with Gasteiger partial charge < -0.3 is 4.74 Å². The van der Waals surface area contributed by atoms with Gasteiger partial charge in [-0.05, 0) is 54.7 Å². The first kappa shape index (κ1) is 17.4. The highest BCUT2D eigenvalue weighted by Gasteiger charge is 2.54. The third-order valence-electron chi connectivity index (χ3n) is 6.20. The second-order valence-electron chi connectivity index (χ2n) is 7.98. The Morgan fingerprint density at radius 2 is 2.00 bits per heavy atom. The molecule has 1 saturated carbocycles. The molecule has 4 rings (SSSR count). The Bertz CT molecular complexity index is 773. The zero-order chi connectivity index (χ0) is 18.0. The molecule has 0 spiro atoms. The summed E-state index contributed by atoms with van der Waals surface area (Å²) in [7, 11) is 0. The molecule has 136 valence electrons. The minimum atomic E-state index is -0.313. The number of hydrogen-bond donors (Lipinski definition) is 0. The summed E-state index contributed by atoms with van der Waals surface area (Å²) >= 11 is 0. The third-order valence-corrected chi connectivity index (χ3v) is 6.20. The van der Waals surface area contributed by atoms with Crippen molar-refractivity contribution in [3.05, 3.63) is 65.5 Å². The molecule has 3 heteroatoms. The van der Waals surface area contributed by atoms with Crippen molar-refractivity contribution in [2.45, 2.75) is 51.0 Å². The topological polar surface area (TPSA) is 39.2 Å². The summed E-state index contributed by atoms with van der Waals surface area (Å²) < 4.78 is 5.87. The van der Waals surface area contributed by atoms with E-state index in [0.717, 1.165) is 31.4 Å². The quantitative estimate of drug-likeness (QED) is 0.722. The highest BCUT2D eigenvalue weighted by Crippen LogP contribution is 2.52. The minimum absolute atomic E-state index is 0.313. The van der Waals surface area contributed by atoms with Crippen molar-refractivity contribution in [3.63, 3.8) is 0 Å². The number of ketones is 1. The smallest absolute Gasteiger partial charge is 0.144 e. The number of fused-ring (bicyclic) bond motifs is 3. The maximum Gasteiger partial charge on any atom is 0.144 e. The lowest BCUT2D eigenvalue weighted by molar-refractivity contribution is -0.130. The van der Waals surface area contributed by atoms with Gasteiger partial charge in [0.1, 0.15) is 5.78 Å². The van der Waals surface area contributed by atoms with E-state index in [-0.39, 0.29) is 5.41 Å². The average Bonchev–Trinajstić information content (AvgIpc) is 2.97. The van der Waals surface area contributed by atoms with Gasteiger partial charge in [0.25, 0.3) is 0 Å². The van der Waals surface area contributed by atoms with Gasteiger partial charge in [-0.3, -0.25) is 9.78 Å². The molecule has 0 amide bonds. The summed E-state index contributed by atoms with van der Waals surface area (Å²) in [5.74, 6) is 1.33. The molecule has 2 aromatic rings. The second-order valence-corrected chi connectivity index (χ2v) is 7.98. The molecule has 2 aliphatic carbocycles. The van der Waals surface area contributed by atoms with Gasteiger partial charge in [0, 0.05) is 24.9 Å². The molecule has 1 aromatic carbocycles. The van der Waals surface area contributed by atoms with Crippen LogP contribution in [-0.2, 0) is 28.0 Å². The van der Waals surface area contributed by atoms with E-state index >= 15 is 0 Å². The molecule has 0 unspecified atom stereocenters. The summed E-state index contributed by atoms with van der Waals surface area (Å²) in [5.41, 5.74) is 3.23. The number of ether oxygens (including phenoxy) is 1. The number of hydrogen-bond acceptors (Lipinski definition) is 3. The zero-order valence-corrected chi connectivity index (χ0v) is 15.5. The van der Waals surface area contributed by atoms with Gasteiger partial charge in [-0.1, -0.05) is 43.3 Å². The molecular weight excluding hydrogens is 322 g/mol. The Morgan fingerprint density at radius 3 is 2.85 bits per heavy atom. The van der Waals surface area contributed by atoms with Crippen LogP contribution in [0.1, 0.15) is 49.4 Å². The number of aromatic nitrogens is 1. The van der Waals surface area contributed by atoms with E-state index in [0.29, 0.717) is 37.3 Å². The molecule has 1 fully saturated rings. The number of benzene rings is 1. The van der Waals surface area contributed by atoms with E-state index in [1.54, 1.807) is 0 Å². The number of rotatable bonds is 6. The van der Waals surface area contributed by atoms with E-state index < -0.39 is 0 Å². The molecule has 26 heavy (non-hydrogen) atoms. The molecule has 0 radical (unpaired) electrons. The van der Waals surface area contributed by atoms with Crippen LogP contribution in [0, 0.1) is 11.8 Å². The van der Waals surface area contributed by atoms with Crippen LogP contribution >= 0.6 is 0 Å². The Hall–Kier alpha value is -2.00. The van der Waals surface area contributed by atoms with Gasteiger partial charge in [0.2, 0.25) is 0 Å². The first-order valence-electron chi connectivity index (χ1n) is 9.79. The van der Waals surface area contributed by atoms with Crippen LogP contribution in [0.3, 0.4) is 0 Å². The van der Waals surface area contributed by atoms with E-state index in [1.807, 2.05) is 30.5 Å². The third kappa shape index (κ3) is 3.09. The van der Waals surface area contributed by atoms with E-state index in [4.69, 9.17) is 4.74 Å². The van der Waals surface area contributed by atoms with Crippen LogP contribution < -0.4 is 0 Å². The summed E-state index contributed by atoms with van der Waals surface area (Å²) in [5, 5.41) is 0. The van der Waals surface area contributed by atoms with Crippen molar-refractivity contribution < 1.29 is 9.53 Å². The molecule has 0 N–H and O–H groups in total. The molecule has 0 aliphatic heterocycles. The number of Topliss-reactive ketones (excluding diaryl/α,β-unsaturated/α-hetero) is 1. The minimum Gasteiger partial charge on any atom is -0.377 e. The fraction of sp³-hybridized carbons (Fsp3) is 0.478. The molecule has 3 atom stereocenters. The Kier molecular flexibility index (Phi) is 4.90. The van der Waals surface area contributed by atoms with Crippen LogP contribution in [0.15, 0.2) is 48.7 Å². The Labute approximate surface area is 155 Å². The monoisotopic (exact) mass is 349 g/mol. The maximum atomic E-state index is 13.2. The van der Waals surface area contributed by atoms with Crippen LogP contribution in [0.25, 0.3) is 0 Å². The van der Waals surface area contributed by atoms with Crippen LogP contribution in [-0.4, -0.2) is 17.4 Å². The summed E-state index contributed by atoms with van der Waals surface area (Å²) in [6, 6.07) is 14.4. The number of pyridine rings is 1. The van der Waals surface area contributed by atoms with E-state index in [9.17, 15) is 4.79 Å². The SMILES string of the molecule is C[C@H]1CC(=O)[C@]2(CCCOCc3ccccc3)c3cccnc3C[C@@H]2C1. The molecule has 0 bridgehead atoms. The lowest BCUT2D eigenvalue weighted by atomic mass is 9.61. The van der Waals surface area contributed by atoms with Gasteiger partial charge in [-0.2, -0.15) is 0 Å². The lowest BCUT2D eigenvalue weighted by Gasteiger charge is -2.41. The van der Waals surface area contributed by atoms with Crippen LogP contribution in [0.2, 0.25) is 0 Å². The fourth-order valence-electron chi connectivity index (χ4n) is 5.06. The summed E-state index contributed by atoms with van der Waals surface area (Å²) in [6.45, 7) is 3.55. The molecule has 1 heterocycles. The van der Waals surface area contributed by atoms with Crippen molar-refractivity contribution in [3.8, 4) is 0 Å². The van der Waals surface area contributed by atoms with Crippen LogP contribution in [0.4, 0.5) is 0 Å². The van der Waals surface area contributed by atoms with E-state index in [2.05, 4.69) is 30.1 Å². The summed E-state index contributed by atoms with van der Waals surface area (Å²) in [6.07, 6.45) is 6.45. The van der Waals surface area contributed by atoms with Crippen molar-refractivity contribution in [2.75, 3.05) is 6.61 Å².